The van der Waals surface area contributed by atoms with Crippen LogP contribution >= 0.6 is 23.4 Å². The second-order valence-corrected chi connectivity index (χ2v) is 6.42. The number of imidazole rings is 1. The van der Waals surface area contributed by atoms with Crippen LogP contribution in [-0.2, 0) is 4.79 Å². The summed E-state index contributed by atoms with van der Waals surface area (Å²) in [6.45, 7) is 0. The molecule has 5 nitrogen and oxygen atoms in total. The number of hydrogen-bond donors (Lipinski definition) is 1. The van der Waals surface area contributed by atoms with E-state index in [1.807, 2.05) is 59.1 Å². The highest BCUT2D eigenvalue weighted by molar-refractivity contribution is 8.18. The minimum Gasteiger partial charge on any atom is -0.300 e. The maximum Gasteiger partial charge on any atom is 0.264 e. The van der Waals surface area contributed by atoms with Gasteiger partial charge in [-0.1, -0.05) is 35.9 Å². The summed E-state index contributed by atoms with van der Waals surface area (Å²) in [6.07, 6.45) is 3.59. The van der Waals surface area contributed by atoms with Crippen LogP contribution in [0.2, 0.25) is 5.15 Å². The first kappa shape index (κ1) is 15.0. The minimum atomic E-state index is -0.198. The van der Waals surface area contributed by atoms with Crippen molar-refractivity contribution in [1.29, 1.82) is 0 Å². The number of nitrogens with one attached hydrogen (secondary N) is 1. The third kappa shape index (κ3) is 2.81. The Morgan fingerprint density at radius 3 is 2.79 bits per heavy atom. The van der Waals surface area contributed by atoms with Crippen LogP contribution in [0.1, 0.15) is 5.69 Å². The Balaban J connectivity index is 1.69. The lowest BCUT2D eigenvalue weighted by molar-refractivity contribution is -0.115. The van der Waals surface area contributed by atoms with Gasteiger partial charge in [0.05, 0.1) is 16.3 Å². The smallest absolute Gasteiger partial charge is 0.264 e. The third-order valence-corrected chi connectivity index (χ3v) is 4.62. The lowest BCUT2D eigenvalue weighted by Gasteiger charge is -1.97. The average Bonchev–Trinajstić information content (AvgIpc) is 3.09. The van der Waals surface area contributed by atoms with E-state index in [-0.39, 0.29) is 5.91 Å². The maximum absolute atomic E-state index is 12.2. The summed E-state index contributed by atoms with van der Waals surface area (Å²) >= 11 is 7.49. The van der Waals surface area contributed by atoms with Crippen molar-refractivity contribution >= 4 is 51.8 Å². The van der Waals surface area contributed by atoms with Crippen LogP contribution in [0.15, 0.2) is 64.6 Å². The number of fused-ring (bicyclic) bond motifs is 1. The van der Waals surface area contributed by atoms with E-state index in [2.05, 4.69) is 15.3 Å². The molecule has 1 aliphatic rings. The van der Waals surface area contributed by atoms with E-state index < -0.39 is 0 Å². The Bertz CT molecular complexity index is 994. The Labute approximate surface area is 147 Å². The number of aromatic nitrogens is 2. The van der Waals surface area contributed by atoms with Gasteiger partial charge in [0, 0.05) is 6.20 Å². The number of pyridine rings is 1. The Morgan fingerprint density at radius 1 is 1.17 bits per heavy atom. The molecule has 24 heavy (non-hydrogen) atoms. The number of amides is 1. The summed E-state index contributed by atoms with van der Waals surface area (Å²) in [6, 6.07) is 15.1. The van der Waals surface area contributed by atoms with Crippen molar-refractivity contribution < 1.29 is 4.79 Å². The normalized spacial score (nSPS) is 17.8. The molecule has 0 atom stereocenters. The van der Waals surface area contributed by atoms with Gasteiger partial charge >= 0.3 is 0 Å². The summed E-state index contributed by atoms with van der Waals surface area (Å²) < 4.78 is 1.84. The molecule has 118 valence electrons. The van der Waals surface area contributed by atoms with Crippen LogP contribution in [0.25, 0.3) is 11.7 Å². The van der Waals surface area contributed by atoms with Gasteiger partial charge in [-0.05, 0) is 42.1 Å². The molecule has 1 saturated heterocycles. The third-order valence-electron chi connectivity index (χ3n) is 3.43. The first-order valence-corrected chi connectivity index (χ1v) is 8.37. The number of halogens is 1. The average molecular weight is 355 g/mol. The predicted molar refractivity (Wildman–Crippen MR) is 97.4 cm³/mol. The molecule has 0 spiro atoms. The monoisotopic (exact) mass is 354 g/mol. The van der Waals surface area contributed by atoms with E-state index in [1.165, 1.54) is 11.8 Å². The molecule has 0 unspecified atom stereocenters. The van der Waals surface area contributed by atoms with Gasteiger partial charge in [0.2, 0.25) is 0 Å². The standard InChI is InChI=1S/C17H11ClN4OS/c18-15-12(22-9-5-4-8-14(22)20-15)10-13-16(23)21-17(24-13)19-11-6-2-1-3-7-11/h1-10H,(H,19,21,23)/b13-10-. The van der Waals surface area contributed by atoms with E-state index >= 15 is 0 Å². The van der Waals surface area contributed by atoms with Crippen molar-refractivity contribution in [3.63, 3.8) is 0 Å². The molecule has 1 aliphatic heterocycles. The fraction of sp³-hybridized carbons (Fsp3) is 0. The van der Waals surface area contributed by atoms with Gasteiger partial charge in [0.15, 0.2) is 10.3 Å². The van der Waals surface area contributed by atoms with Crippen LogP contribution in [-0.4, -0.2) is 20.5 Å². The molecule has 0 bridgehead atoms. The van der Waals surface area contributed by atoms with Crippen molar-refractivity contribution in [2.24, 2.45) is 4.99 Å². The van der Waals surface area contributed by atoms with Crippen molar-refractivity contribution in [2.45, 2.75) is 0 Å². The number of thioether (sulfide) groups is 1. The molecule has 1 fully saturated rings. The number of rotatable bonds is 2. The van der Waals surface area contributed by atoms with Crippen LogP contribution < -0.4 is 5.32 Å². The molecular weight excluding hydrogens is 344 g/mol. The highest BCUT2D eigenvalue weighted by Gasteiger charge is 2.25. The number of amidine groups is 1. The van der Waals surface area contributed by atoms with Crippen LogP contribution in [0.5, 0.6) is 0 Å². The Kier molecular flexibility index (Phi) is 3.84. The van der Waals surface area contributed by atoms with Gasteiger partial charge in [-0.15, -0.1) is 0 Å². The van der Waals surface area contributed by atoms with E-state index in [0.29, 0.717) is 20.9 Å². The lowest BCUT2D eigenvalue weighted by Crippen LogP contribution is -2.19. The lowest BCUT2D eigenvalue weighted by atomic mass is 10.3. The number of aliphatic imine (C=N–C) groups is 1. The molecule has 7 heteroatoms. The van der Waals surface area contributed by atoms with Gasteiger partial charge in [-0.3, -0.25) is 9.20 Å². The van der Waals surface area contributed by atoms with E-state index in [9.17, 15) is 4.79 Å². The molecule has 1 amide bonds. The molecule has 4 rings (SSSR count). The van der Waals surface area contributed by atoms with Gasteiger partial charge in [0.25, 0.3) is 5.91 Å². The van der Waals surface area contributed by atoms with Crippen molar-refractivity contribution in [3.8, 4) is 0 Å². The number of hydrogen-bond acceptors (Lipinski definition) is 4. The molecule has 0 aliphatic carbocycles. The molecule has 3 heterocycles. The largest absolute Gasteiger partial charge is 0.300 e. The van der Waals surface area contributed by atoms with Crippen LogP contribution in [0, 0.1) is 0 Å². The van der Waals surface area contributed by atoms with Crippen molar-refractivity contribution in [3.05, 3.63) is 70.5 Å². The first-order valence-electron chi connectivity index (χ1n) is 7.18. The summed E-state index contributed by atoms with van der Waals surface area (Å²) in [5.41, 5.74) is 2.19. The van der Waals surface area contributed by atoms with Crippen molar-refractivity contribution in [1.82, 2.24) is 14.7 Å². The number of benzene rings is 1. The van der Waals surface area contributed by atoms with Gasteiger partial charge in [-0.2, -0.15) is 0 Å². The minimum absolute atomic E-state index is 0.198. The van der Waals surface area contributed by atoms with E-state index in [4.69, 9.17) is 11.6 Å². The first-order chi connectivity index (χ1) is 11.7. The highest BCUT2D eigenvalue weighted by Crippen LogP contribution is 2.30. The molecule has 0 saturated carbocycles. The molecular formula is C17H11ClN4OS. The zero-order chi connectivity index (χ0) is 16.5. The van der Waals surface area contributed by atoms with Crippen LogP contribution in [0.4, 0.5) is 5.69 Å². The predicted octanol–water partition coefficient (Wildman–Crippen LogP) is 3.88. The fourth-order valence-electron chi connectivity index (χ4n) is 2.34. The number of para-hydroxylation sites is 1. The second-order valence-electron chi connectivity index (χ2n) is 5.03. The van der Waals surface area contributed by atoms with Gasteiger partial charge in [-0.25, -0.2) is 9.98 Å². The summed E-state index contributed by atoms with van der Waals surface area (Å²) in [7, 11) is 0. The zero-order valence-corrected chi connectivity index (χ0v) is 13.9. The Hall–Kier alpha value is -2.57. The molecule has 2 aromatic heterocycles. The highest BCUT2D eigenvalue weighted by atomic mass is 35.5. The summed E-state index contributed by atoms with van der Waals surface area (Å²) in [4.78, 5) is 21.4. The van der Waals surface area contributed by atoms with Crippen LogP contribution in [0.3, 0.4) is 0 Å². The van der Waals surface area contributed by atoms with E-state index in [0.717, 1.165) is 11.3 Å². The molecule has 1 aromatic carbocycles. The number of nitrogens with zero attached hydrogens (tertiary/aromatic N) is 3. The SMILES string of the molecule is O=C1NC(=Nc2ccccc2)S/C1=C\c1c(Cl)nc2ccccn12. The summed E-state index contributed by atoms with van der Waals surface area (Å²) in [5, 5.41) is 3.67. The zero-order valence-electron chi connectivity index (χ0n) is 12.3. The Morgan fingerprint density at radius 2 is 1.96 bits per heavy atom. The van der Waals surface area contributed by atoms with Crippen molar-refractivity contribution in [2.75, 3.05) is 0 Å². The second kappa shape index (κ2) is 6.14. The molecule has 3 aromatic rings. The van der Waals surface area contributed by atoms with Gasteiger partial charge < -0.3 is 5.32 Å². The van der Waals surface area contributed by atoms with E-state index in [1.54, 1.807) is 6.08 Å². The topological polar surface area (TPSA) is 58.8 Å². The van der Waals surface area contributed by atoms with Gasteiger partial charge in [0.1, 0.15) is 5.65 Å². The summed E-state index contributed by atoms with van der Waals surface area (Å²) in [5.74, 6) is -0.198. The maximum atomic E-state index is 12.2. The molecule has 0 radical (unpaired) electrons. The molecule has 1 N–H and O–H groups in total. The quantitative estimate of drug-likeness (QED) is 0.710. The fourth-order valence-corrected chi connectivity index (χ4v) is 3.39. The number of carbonyl (C=O) groups is 1. The number of carbonyl (C=O) groups excluding carboxylic acids is 1.